The van der Waals surface area contributed by atoms with Gasteiger partial charge in [0.2, 0.25) is 0 Å². The molecule has 3 nitrogen and oxygen atoms in total. The van der Waals surface area contributed by atoms with Crippen molar-refractivity contribution < 1.29 is 4.74 Å². The lowest BCUT2D eigenvalue weighted by Gasteiger charge is -2.31. The molecule has 0 bridgehead atoms. The third-order valence-electron chi connectivity index (χ3n) is 5.27. The summed E-state index contributed by atoms with van der Waals surface area (Å²) in [5.41, 5.74) is 5.98. The van der Waals surface area contributed by atoms with Gasteiger partial charge in [0.05, 0.1) is 32.2 Å². The Hall–Kier alpha value is -1.38. The number of nitrogens with zero attached hydrogens (tertiary/aromatic N) is 2. The van der Waals surface area contributed by atoms with Gasteiger partial charge in [-0.15, -0.1) is 45.3 Å². The highest BCUT2D eigenvalue weighted by atomic mass is 32.1. The second kappa shape index (κ2) is 9.18. The van der Waals surface area contributed by atoms with Gasteiger partial charge in [-0.1, -0.05) is 26.0 Å². The highest BCUT2D eigenvalue weighted by Gasteiger charge is 2.34. The van der Waals surface area contributed by atoms with Crippen molar-refractivity contribution >= 4 is 45.3 Å². The van der Waals surface area contributed by atoms with Crippen LogP contribution in [0, 0.1) is 13.8 Å². The number of thiophene rings is 2. The molecule has 4 heterocycles. The van der Waals surface area contributed by atoms with Crippen molar-refractivity contribution in [2.24, 2.45) is 0 Å². The van der Waals surface area contributed by atoms with E-state index in [9.17, 15) is 0 Å². The number of aryl methyl sites for hydroxylation is 2. The Bertz CT molecular complexity index is 937. The molecule has 0 spiro atoms. The van der Waals surface area contributed by atoms with E-state index in [1.54, 1.807) is 45.3 Å². The molecule has 0 aliphatic rings. The Morgan fingerprint density at radius 1 is 0.724 bits per heavy atom. The predicted octanol–water partition coefficient (Wildman–Crippen LogP) is 7.75. The number of ether oxygens (including phenoxy) is 1. The van der Waals surface area contributed by atoms with E-state index in [2.05, 4.69) is 72.7 Å². The van der Waals surface area contributed by atoms with E-state index in [4.69, 9.17) is 4.74 Å². The molecule has 0 saturated carbocycles. The van der Waals surface area contributed by atoms with Crippen LogP contribution in [0.25, 0.3) is 0 Å². The lowest BCUT2D eigenvalue weighted by molar-refractivity contribution is -0.0349. The molecule has 0 amide bonds. The second-order valence-corrected chi connectivity index (χ2v) is 10.9. The molecule has 0 fully saturated rings. The fourth-order valence-corrected chi connectivity index (χ4v) is 7.04. The van der Waals surface area contributed by atoms with Crippen LogP contribution < -0.4 is 0 Å². The Morgan fingerprint density at radius 3 is 1.48 bits per heavy atom. The van der Waals surface area contributed by atoms with Crippen LogP contribution >= 0.6 is 45.3 Å². The van der Waals surface area contributed by atoms with Gasteiger partial charge in [-0.3, -0.25) is 0 Å². The Morgan fingerprint density at radius 2 is 1.17 bits per heavy atom. The maximum Gasteiger partial charge on any atom is 0.102 e. The minimum absolute atomic E-state index is 0.0462. The fraction of sp³-hybridized carbons (Fsp3) is 0.364. The summed E-state index contributed by atoms with van der Waals surface area (Å²) in [7, 11) is 0. The van der Waals surface area contributed by atoms with Gasteiger partial charge in [0.25, 0.3) is 0 Å². The molecule has 0 aliphatic heterocycles. The summed E-state index contributed by atoms with van der Waals surface area (Å²) in [5, 5.41) is 4.28. The van der Waals surface area contributed by atoms with Gasteiger partial charge in [0.1, 0.15) is 12.2 Å². The third-order valence-corrected chi connectivity index (χ3v) is 9.40. The zero-order valence-corrected chi connectivity index (χ0v) is 20.1. The zero-order valence-electron chi connectivity index (χ0n) is 16.9. The summed E-state index contributed by atoms with van der Waals surface area (Å²) < 4.78 is 7.03. The van der Waals surface area contributed by atoms with E-state index in [0.29, 0.717) is 0 Å². The third kappa shape index (κ3) is 4.39. The zero-order chi connectivity index (χ0) is 20.4. The van der Waals surface area contributed by atoms with Crippen LogP contribution in [0.15, 0.2) is 46.0 Å². The summed E-state index contributed by atoms with van der Waals surface area (Å²) >= 11 is 6.98. The van der Waals surface area contributed by atoms with Crippen LogP contribution in [0.4, 0.5) is 0 Å². The first-order chi connectivity index (χ1) is 14.1. The molecule has 4 aromatic heterocycles. The number of aromatic nitrogens is 2. The van der Waals surface area contributed by atoms with Crippen LogP contribution in [0.2, 0.25) is 0 Å². The van der Waals surface area contributed by atoms with Gasteiger partial charge >= 0.3 is 0 Å². The summed E-state index contributed by atoms with van der Waals surface area (Å²) in [6.45, 7) is 8.70. The number of thiazole rings is 2. The number of rotatable bonds is 8. The number of hydrogen-bond donors (Lipinski definition) is 0. The predicted molar refractivity (Wildman–Crippen MR) is 126 cm³/mol. The summed E-state index contributed by atoms with van der Waals surface area (Å²) in [6.07, 6.45) is -0.0925. The molecule has 0 radical (unpaired) electrons. The van der Waals surface area contributed by atoms with Crippen LogP contribution in [0.1, 0.15) is 68.8 Å². The van der Waals surface area contributed by atoms with E-state index in [0.717, 1.165) is 11.4 Å². The quantitative estimate of drug-likeness (QED) is 0.270. The average Bonchev–Trinajstić information content (AvgIpc) is 3.51. The maximum atomic E-state index is 7.03. The topological polar surface area (TPSA) is 35.0 Å². The first-order valence-electron chi connectivity index (χ1n) is 9.58. The molecule has 0 saturated heterocycles. The van der Waals surface area contributed by atoms with E-state index in [-0.39, 0.29) is 24.0 Å². The van der Waals surface area contributed by atoms with E-state index < -0.39 is 0 Å². The van der Waals surface area contributed by atoms with Crippen molar-refractivity contribution in [1.29, 1.82) is 0 Å². The fourth-order valence-electron chi connectivity index (χ4n) is 3.54. The molecule has 29 heavy (non-hydrogen) atoms. The molecule has 4 aromatic rings. The Labute approximate surface area is 188 Å². The van der Waals surface area contributed by atoms with Crippen molar-refractivity contribution in [2.75, 3.05) is 0 Å². The van der Waals surface area contributed by atoms with Crippen LogP contribution in [0.5, 0.6) is 0 Å². The van der Waals surface area contributed by atoms with Gasteiger partial charge in [-0.25, -0.2) is 9.97 Å². The van der Waals surface area contributed by atoms with E-state index in [1.807, 2.05) is 11.0 Å². The average molecular weight is 461 g/mol. The smallest absolute Gasteiger partial charge is 0.102 e. The molecule has 0 N–H and O–H groups in total. The van der Waals surface area contributed by atoms with Gasteiger partial charge in [-0.2, -0.15) is 0 Å². The van der Waals surface area contributed by atoms with Crippen molar-refractivity contribution in [3.05, 3.63) is 76.9 Å². The van der Waals surface area contributed by atoms with Crippen molar-refractivity contribution in [3.8, 4) is 0 Å². The van der Waals surface area contributed by atoms with Crippen molar-refractivity contribution in [3.63, 3.8) is 0 Å². The van der Waals surface area contributed by atoms with Gasteiger partial charge in [0.15, 0.2) is 0 Å². The molecular formula is C22H24N2OS4. The van der Waals surface area contributed by atoms with Crippen molar-refractivity contribution in [2.45, 2.75) is 51.7 Å². The van der Waals surface area contributed by atoms with Gasteiger partial charge in [-0.05, 0) is 36.7 Å². The van der Waals surface area contributed by atoms with E-state index in [1.165, 1.54) is 19.5 Å². The van der Waals surface area contributed by atoms with Crippen LogP contribution in [0.3, 0.4) is 0 Å². The molecule has 0 aromatic carbocycles. The summed E-state index contributed by atoms with van der Waals surface area (Å²) in [5.74, 6) is 0.501. The molecular weight excluding hydrogens is 437 g/mol. The standard InChI is InChI=1S/C22H24N2OS4/c1-13(17-7-5-9-26-17)19(21-15(3)23-11-28-21)25-20(22-16(4)24-12-29-22)14(2)18-8-6-10-27-18/h5-14,19-20H,1-4H3. The Balaban J connectivity index is 1.74. The molecule has 7 heteroatoms. The molecule has 152 valence electrons. The number of hydrogen-bond acceptors (Lipinski definition) is 7. The molecule has 4 atom stereocenters. The second-order valence-electron chi connectivity index (χ2n) is 7.19. The minimum atomic E-state index is -0.0462. The Kier molecular flexibility index (Phi) is 6.61. The molecule has 0 aliphatic carbocycles. The first kappa shape index (κ1) is 20.9. The highest BCUT2D eigenvalue weighted by molar-refractivity contribution is 7.11. The largest absolute Gasteiger partial charge is 0.362 e. The van der Waals surface area contributed by atoms with Gasteiger partial charge < -0.3 is 4.74 Å². The van der Waals surface area contributed by atoms with Crippen molar-refractivity contribution in [1.82, 2.24) is 9.97 Å². The monoisotopic (exact) mass is 460 g/mol. The lowest BCUT2D eigenvalue weighted by atomic mass is 9.97. The summed E-state index contributed by atoms with van der Waals surface area (Å²) in [6, 6.07) is 8.65. The van der Waals surface area contributed by atoms with Crippen LogP contribution in [-0.4, -0.2) is 9.97 Å². The normalized spacial score (nSPS) is 15.9. The first-order valence-corrected chi connectivity index (χ1v) is 13.1. The minimum Gasteiger partial charge on any atom is -0.362 e. The lowest BCUT2D eigenvalue weighted by Crippen LogP contribution is -2.19. The molecule has 4 unspecified atom stereocenters. The SMILES string of the molecule is Cc1ncsc1C(OC(c1scnc1C)C(C)c1cccs1)C(C)c1cccs1. The van der Waals surface area contributed by atoms with E-state index >= 15 is 0 Å². The highest BCUT2D eigenvalue weighted by Crippen LogP contribution is 2.47. The maximum absolute atomic E-state index is 7.03. The van der Waals surface area contributed by atoms with Gasteiger partial charge in [0, 0.05) is 21.6 Å². The summed E-state index contributed by atoms with van der Waals surface area (Å²) in [4.78, 5) is 14.2. The molecule has 4 rings (SSSR count). The van der Waals surface area contributed by atoms with Crippen LogP contribution in [-0.2, 0) is 4.74 Å².